The Hall–Kier alpha value is -3.06. The predicted molar refractivity (Wildman–Crippen MR) is 81.8 cm³/mol. The van der Waals surface area contributed by atoms with Crippen molar-refractivity contribution in [1.29, 1.82) is 5.26 Å². The lowest BCUT2D eigenvalue weighted by Gasteiger charge is -2.11. The van der Waals surface area contributed by atoms with E-state index in [0.717, 1.165) is 16.8 Å². The lowest BCUT2D eigenvalue weighted by molar-refractivity contribution is 0.213. The second kappa shape index (κ2) is 6.92. The molecule has 0 saturated carbocycles. The van der Waals surface area contributed by atoms with Gasteiger partial charge in [-0.3, -0.25) is 0 Å². The van der Waals surface area contributed by atoms with E-state index in [9.17, 15) is 0 Å². The molecule has 104 valence electrons. The first-order chi connectivity index (χ1) is 10.3. The van der Waals surface area contributed by atoms with Crippen molar-refractivity contribution in [2.24, 2.45) is 0 Å². The van der Waals surface area contributed by atoms with Crippen LogP contribution >= 0.6 is 0 Å². The topological polar surface area (TPSA) is 61.7 Å². The summed E-state index contributed by atoms with van der Waals surface area (Å²) in [5.74, 6) is 0.585. The fourth-order valence-corrected chi connectivity index (χ4v) is 1.90. The predicted octanol–water partition coefficient (Wildman–Crippen LogP) is 3.58. The quantitative estimate of drug-likeness (QED) is 0.648. The molecule has 0 aliphatic heterocycles. The van der Waals surface area contributed by atoms with Crippen molar-refractivity contribution in [3.05, 3.63) is 84.7 Å². The third kappa shape index (κ3) is 3.28. The number of benzene rings is 1. The zero-order chi connectivity index (χ0) is 15.1. The van der Waals surface area contributed by atoms with Crippen molar-refractivity contribution in [3.8, 4) is 6.07 Å². The fraction of sp³-hybridized carbons (Fsp3) is 0.0588. The van der Waals surface area contributed by atoms with Gasteiger partial charge in [-0.05, 0) is 12.1 Å². The first-order valence-corrected chi connectivity index (χ1v) is 6.38. The van der Waals surface area contributed by atoms with Gasteiger partial charge in [0, 0.05) is 11.1 Å². The Morgan fingerprint density at radius 3 is 2.76 bits per heavy atom. The van der Waals surface area contributed by atoms with Crippen LogP contribution in [-0.2, 0) is 11.3 Å². The van der Waals surface area contributed by atoms with Gasteiger partial charge in [0.25, 0.3) is 0 Å². The van der Waals surface area contributed by atoms with Crippen molar-refractivity contribution in [2.45, 2.75) is 6.61 Å². The summed E-state index contributed by atoms with van der Waals surface area (Å²) < 4.78 is 5.79. The third-order valence-electron chi connectivity index (χ3n) is 2.96. The van der Waals surface area contributed by atoms with Crippen LogP contribution in [0.4, 0.5) is 0 Å². The van der Waals surface area contributed by atoms with E-state index < -0.39 is 0 Å². The summed E-state index contributed by atoms with van der Waals surface area (Å²) in [6.45, 7) is 7.84. The lowest BCUT2D eigenvalue weighted by Crippen LogP contribution is -1.97. The van der Waals surface area contributed by atoms with Crippen LogP contribution in [0.2, 0.25) is 0 Å². The van der Waals surface area contributed by atoms with Crippen molar-refractivity contribution >= 4 is 5.57 Å². The van der Waals surface area contributed by atoms with E-state index in [1.807, 2.05) is 18.2 Å². The number of aromatic nitrogens is 2. The molecule has 0 atom stereocenters. The van der Waals surface area contributed by atoms with Crippen molar-refractivity contribution in [3.63, 3.8) is 0 Å². The van der Waals surface area contributed by atoms with Gasteiger partial charge >= 0.3 is 0 Å². The van der Waals surface area contributed by atoms with E-state index in [1.165, 1.54) is 0 Å². The number of imidazole rings is 1. The van der Waals surface area contributed by atoms with Gasteiger partial charge in [0.15, 0.2) is 0 Å². The third-order valence-corrected chi connectivity index (χ3v) is 2.96. The molecular weight excluding hydrogens is 262 g/mol. The van der Waals surface area contributed by atoms with Crippen LogP contribution in [0, 0.1) is 11.3 Å². The van der Waals surface area contributed by atoms with Gasteiger partial charge in [0.1, 0.15) is 12.4 Å². The van der Waals surface area contributed by atoms with Crippen LogP contribution in [0.1, 0.15) is 16.8 Å². The summed E-state index contributed by atoms with van der Waals surface area (Å²) in [6.07, 6.45) is 6.57. The summed E-state index contributed by atoms with van der Waals surface area (Å²) in [4.78, 5) is 6.99. The molecule has 2 aromatic rings. The van der Waals surface area contributed by atoms with Crippen LogP contribution in [0.15, 0.2) is 67.9 Å². The minimum absolute atomic E-state index is 0.288. The molecule has 0 aliphatic carbocycles. The van der Waals surface area contributed by atoms with E-state index in [-0.39, 0.29) is 6.61 Å². The Bertz CT molecular complexity index is 706. The summed E-state index contributed by atoms with van der Waals surface area (Å²) >= 11 is 0. The average Bonchev–Trinajstić information content (AvgIpc) is 3.05. The number of hydrogen-bond donors (Lipinski definition) is 1. The number of H-pyrrole nitrogens is 1. The molecule has 1 N–H and O–H groups in total. The number of rotatable bonds is 6. The number of ether oxygens (including phenoxy) is 1. The van der Waals surface area contributed by atoms with Crippen LogP contribution in [-0.4, -0.2) is 9.97 Å². The van der Waals surface area contributed by atoms with Gasteiger partial charge < -0.3 is 9.72 Å². The molecule has 0 bridgehead atoms. The maximum atomic E-state index is 9.08. The molecule has 1 aromatic heterocycles. The van der Waals surface area contributed by atoms with E-state index in [4.69, 9.17) is 10.00 Å². The highest BCUT2D eigenvalue weighted by Gasteiger charge is 2.08. The van der Waals surface area contributed by atoms with Gasteiger partial charge in [0.05, 0.1) is 29.9 Å². The molecule has 21 heavy (non-hydrogen) atoms. The maximum Gasteiger partial charge on any atom is 0.128 e. The van der Waals surface area contributed by atoms with Crippen molar-refractivity contribution in [1.82, 2.24) is 9.97 Å². The second-order valence-corrected chi connectivity index (χ2v) is 4.21. The summed E-state index contributed by atoms with van der Waals surface area (Å²) in [6, 6.07) is 9.48. The normalized spacial score (nSPS) is 11.2. The molecule has 4 heteroatoms. The molecule has 4 nitrogen and oxygen atoms in total. The number of hydrogen-bond acceptors (Lipinski definition) is 3. The van der Waals surface area contributed by atoms with Crippen LogP contribution in [0.5, 0.6) is 0 Å². The van der Waals surface area contributed by atoms with E-state index in [1.54, 1.807) is 30.7 Å². The fourth-order valence-electron chi connectivity index (χ4n) is 1.90. The van der Waals surface area contributed by atoms with Crippen LogP contribution < -0.4 is 0 Å². The Balaban J connectivity index is 2.25. The summed E-state index contributed by atoms with van der Waals surface area (Å²) in [5.41, 5.74) is 3.00. The summed E-state index contributed by atoms with van der Waals surface area (Å²) in [5, 5.41) is 9.08. The smallest absolute Gasteiger partial charge is 0.128 e. The van der Waals surface area contributed by atoms with E-state index in [0.29, 0.717) is 11.3 Å². The van der Waals surface area contributed by atoms with Gasteiger partial charge in [-0.2, -0.15) is 5.26 Å². The number of allylic oxidation sites excluding steroid dienone is 3. The van der Waals surface area contributed by atoms with Gasteiger partial charge in [-0.1, -0.05) is 37.4 Å². The average molecular weight is 277 g/mol. The molecule has 0 saturated heterocycles. The first-order valence-electron chi connectivity index (χ1n) is 6.38. The van der Waals surface area contributed by atoms with Gasteiger partial charge in [-0.15, -0.1) is 0 Å². The zero-order valence-electron chi connectivity index (χ0n) is 11.5. The second-order valence-electron chi connectivity index (χ2n) is 4.21. The number of nitriles is 1. The van der Waals surface area contributed by atoms with E-state index in [2.05, 4.69) is 29.2 Å². The highest BCUT2D eigenvalue weighted by Crippen LogP contribution is 2.21. The summed E-state index contributed by atoms with van der Waals surface area (Å²) in [7, 11) is 0. The largest absolute Gasteiger partial charge is 0.488 e. The molecule has 1 aromatic carbocycles. The number of nitrogens with zero attached hydrogens (tertiary/aromatic N) is 2. The molecule has 0 amide bonds. The first kappa shape index (κ1) is 14.4. The molecule has 2 rings (SSSR count). The molecule has 1 heterocycles. The lowest BCUT2D eigenvalue weighted by atomic mass is 10.1. The highest BCUT2D eigenvalue weighted by molar-refractivity contribution is 5.74. The van der Waals surface area contributed by atoms with E-state index >= 15 is 0 Å². The molecule has 0 radical (unpaired) electrons. The SMILES string of the molecule is C=C/C(OCc1ccccc1C#N)=C(\C=C)c1cnc[nH]1. The van der Waals surface area contributed by atoms with Crippen LogP contribution in [0.25, 0.3) is 5.57 Å². The standard InChI is InChI=1S/C17H15N3O/c1-3-15(16-10-19-12-20-16)17(4-2)21-11-14-8-6-5-7-13(14)9-18/h3-8,10,12H,1-2,11H2,(H,19,20)/b17-15-. The number of aromatic amines is 1. The Morgan fingerprint density at radius 1 is 1.33 bits per heavy atom. The monoisotopic (exact) mass is 277 g/mol. The van der Waals surface area contributed by atoms with Gasteiger partial charge in [0.2, 0.25) is 0 Å². The van der Waals surface area contributed by atoms with Crippen LogP contribution in [0.3, 0.4) is 0 Å². The Morgan fingerprint density at radius 2 is 2.14 bits per heavy atom. The van der Waals surface area contributed by atoms with Crippen molar-refractivity contribution < 1.29 is 4.74 Å². The zero-order valence-corrected chi connectivity index (χ0v) is 11.5. The molecule has 0 spiro atoms. The minimum atomic E-state index is 0.288. The van der Waals surface area contributed by atoms with Gasteiger partial charge in [-0.25, -0.2) is 4.98 Å². The minimum Gasteiger partial charge on any atom is -0.488 e. The molecule has 0 aliphatic rings. The van der Waals surface area contributed by atoms with Crippen molar-refractivity contribution in [2.75, 3.05) is 0 Å². The Labute approximate surface area is 123 Å². The molecule has 0 fully saturated rings. The number of nitrogens with one attached hydrogen (secondary N) is 1. The Kier molecular flexibility index (Phi) is 4.73. The molecule has 0 unspecified atom stereocenters. The maximum absolute atomic E-state index is 9.08. The molecular formula is C17H15N3O. The highest BCUT2D eigenvalue weighted by atomic mass is 16.5.